The van der Waals surface area contributed by atoms with Crippen molar-refractivity contribution < 1.29 is 19.1 Å². The molecule has 2 amide bonds. The van der Waals surface area contributed by atoms with E-state index in [0.717, 1.165) is 17.0 Å². The molecule has 0 unspecified atom stereocenters. The summed E-state index contributed by atoms with van der Waals surface area (Å²) in [4.78, 5) is 26.1. The van der Waals surface area contributed by atoms with Gasteiger partial charge in [0.1, 0.15) is 11.5 Å². The number of amides is 2. The number of ether oxygens (including phenoxy) is 2. The zero-order valence-electron chi connectivity index (χ0n) is 15.6. The number of rotatable bonds is 7. The van der Waals surface area contributed by atoms with Gasteiger partial charge in [-0.15, -0.1) is 0 Å². The van der Waals surface area contributed by atoms with Crippen LogP contribution in [0.3, 0.4) is 0 Å². The summed E-state index contributed by atoms with van der Waals surface area (Å²) in [5.74, 6) is 1.17. The molecule has 6 nitrogen and oxygen atoms in total. The predicted octanol–water partition coefficient (Wildman–Crippen LogP) is 2.69. The largest absolute Gasteiger partial charge is 0.494 e. The van der Waals surface area contributed by atoms with E-state index in [2.05, 4.69) is 5.32 Å². The van der Waals surface area contributed by atoms with Gasteiger partial charge in [0.05, 0.1) is 12.6 Å². The molecule has 2 aromatic rings. The number of hydrogen-bond acceptors (Lipinski definition) is 4. The minimum Gasteiger partial charge on any atom is -0.494 e. The Morgan fingerprint density at radius 1 is 1.07 bits per heavy atom. The number of anilines is 1. The predicted molar refractivity (Wildman–Crippen MR) is 103 cm³/mol. The fourth-order valence-corrected chi connectivity index (χ4v) is 3.00. The van der Waals surface area contributed by atoms with Crippen molar-refractivity contribution in [2.45, 2.75) is 26.3 Å². The van der Waals surface area contributed by atoms with Gasteiger partial charge in [-0.3, -0.25) is 9.59 Å². The van der Waals surface area contributed by atoms with E-state index in [4.69, 9.17) is 9.47 Å². The highest BCUT2D eigenvalue weighted by molar-refractivity contribution is 5.97. The molecule has 27 heavy (non-hydrogen) atoms. The van der Waals surface area contributed by atoms with E-state index < -0.39 is 0 Å². The average molecular weight is 368 g/mol. The molecule has 1 heterocycles. The quantitative estimate of drug-likeness (QED) is 0.816. The van der Waals surface area contributed by atoms with Gasteiger partial charge in [-0.1, -0.05) is 17.7 Å². The highest BCUT2D eigenvalue weighted by Gasteiger charge is 2.31. The van der Waals surface area contributed by atoms with Gasteiger partial charge >= 0.3 is 0 Å². The van der Waals surface area contributed by atoms with E-state index in [-0.39, 0.29) is 30.9 Å². The molecule has 0 spiro atoms. The lowest BCUT2D eigenvalue weighted by Gasteiger charge is -2.18. The monoisotopic (exact) mass is 368 g/mol. The van der Waals surface area contributed by atoms with Crippen LogP contribution < -0.4 is 19.7 Å². The number of benzene rings is 2. The highest BCUT2D eigenvalue weighted by Crippen LogP contribution is 2.24. The number of carbonyl (C=O) groups is 2. The summed E-state index contributed by atoms with van der Waals surface area (Å²) in [6, 6.07) is 14.7. The molecule has 0 radical (unpaired) electrons. The van der Waals surface area contributed by atoms with Gasteiger partial charge in [-0.05, 0) is 50.2 Å². The van der Waals surface area contributed by atoms with Gasteiger partial charge in [-0.25, -0.2) is 0 Å². The minimum absolute atomic E-state index is 0.0103. The third kappa shape index (κ3) is 5.00. The lowest BCUT2D eigenvalue weighted by molar-refractivity contribution is -0.123. The molecule has 1 atom stereocenters. The number of carbonyl (C=O) groups excluding carboxylic acids is 2. The first-order valence-electron chi connectivity index (χ1n) is 9.07. The maximum Gasteiger partial charge on any atom is 0.258 e. The first-order chi connectivity index (χ1) is 13.0. The van der Waals surface area contributed by atoms with Crippen LogP contribution in [0.1, 0.15) is 18.9 Å². The maximum atomic E-state index is 12.3. The number of nitrogens with one attached hydrogen (secondary N) is 1. The standard InChI is InChI=1S/C21H24N2O4/c1-3-26-18-10-6-17(7-11-18)23-13-16(12-21(23)25)22-20(24)14-27-19-8-4-15(2)5-9-19/h4-11,16H,3,12-14H2,1-2H3,(H,22,24)/t16-/m1/s1. The molecule has 1 saturated heterocycles. The third-order valence-electron chi connectivity index (χ3n) is 4.34. The first-order valence-corrected chi connectivity index (χ1v) is 9.07. The van der Waals surface area contributed by atoms with Crippen LogP contribution in [0, 0.1) is 6.92 Å². The van der Waals surface area contributed by atoms with Crippen molar-refractivity contribution in [3.63, 3.8) is 0 Å². The van der Waals surface area contributed by atoms with Gasteiger partial charge in [0, 0.05) is 18.7 Å². The van der Waals surface area contributed by atoms with Crippen molar-refractivity contribution in [1.82, 2.24) is 5.32 Å². The van der Waals surface area contributed by atoms with Crippen molar-refractivity contribution >= 4 is 17.5 Å². The van der Waals surface area contributed by atoms with Crippen LogP contribution in [0.25, 0.3) is 0 Å². The molecular weight excluding hydrogens is 344 g/mol. The van der Waals surface area contributed by atoms with E-state index in [9.17, 15) is 9.59 Å². The smallest absolute Gasteiger partial charge is 0.258 e. The molecule has 142 valence electrons. The Morgan fingerprint density at radius 3 is 2.37 bits per heavy atom. The molecule has 0 saturated carbocycles. The Kier molecular flexibility index (Phi) is 5.96. The molecule has 1 fully saturated rings. The van der Waals surface area contributed by atoms with Crippen molar-refractivity contribution in [3.05, 3.63) is 54.1 Å². The van der Waals surface area contributed by atoms with Gasteiger partial charge in [0.2, 0.25) is 5.91 Å². The van der Waals surface area contributed by atoms with Crippen LogP contribution in [0.4, 0.5) is 5.69 Å². The number of hydrogen-bond donors (Lipinski definition) is 1. The third-order valence-corrected chi connectivity index (χ3v) is 4.34. The van der Waals surface area contributed by atoms with Crippen molar-refractivity contribution in [1.29, 1.82) is 0 Å². The van der Waals surface area contributed by atoms with Crippen LogP contribution in [0.15, 0.2) is 48.5 Å². The molecule has 6 heteroatoms. The Bertz CT molecular complexity index is 787. The Hall–Kier alpha value is -3.02. The summed E-state index contributed by atoms with van der Waals surface area (Å²) in [5, 5.41) is 2.87. The SMILES string of the molecule is CCOc1ccc(N2C[C@H](NC(=O)COc3ccc(C)cc3)CC2=O)cc1. The highest BCUT2D eigenvalue weighted by atomic mass is 16.5. The summed E-state index contributed by atoms with van der Waals surface area (Å²) in [7, 11) is 0. The van der Waals surface area contributed by atoms with E-state index in [1.807, 2.05) is 62.4 Å². The zero-order chi connectivity index (χ0) is 19.2. The molecule has 2 aromatic carbocycles. The van der Waals surface area contributed by atoms with Crippen molar-refractivity contribution in [3.8, 4) is 11.5 Å². The van der Waals surface area contributed by atoms with E-state index in [1.165, 1.54) is 0 Å². The van der Waals surface area contributed by atoms with Gasteiger partial charge < -0.3 is 19.7 Å². The molecule has 1 N–H and O–H groups in total. The van der Waals surface area contributed by atoms with E-state index in [0.29, 0.717) is 18.9 Å². The Labute approximate surface area is 159 Å². The molecule has 0 aliphatic carbocycles. The van der Waals surface area contributed by atoms with Gasteiger partial charge in [0.15, 0.2) is 6.61 Å². The molecular formula is C21H24N2O4. The fraction of sp³-hybridized carbons (Fsp3) is 0.333. The van der Waals surface area contributed by atoms with Crippen molar-refractivity contribution in [2.24, 2.45) is 0 Å². The fourth-order valence-electron chi connectivity index (χ4n) is 3.00. The Balaban J connectivity index is 1.50. The lowest BCUT2D eigenvalue weighted by atomic mass is 10.2. The van der Waals surface area contributed by atoms with Crippen LogP contribution in [-0.2, 0) is 9.59 Å². The molecule has 1 aliphatic heterocycles. The van der Waals surface area contributed by atoms with Crippen LogP contribution >= 0.6 is 0 Å². The van der Waals surface area contributed by atoms with Crippen LogP contribution in [0.2, 0.25) is 0 Å². The summed E-state index contributed by atoms with van der Waals surface area (Å²) < 4.78 is 10.9. The first kappa shape index (κ1) is 18.8. The zero-order valence-corrected chi connectivity index (χ0v) is 15.6. The second-order valence-corrected chi connectivity index (χ2v) is 6.50. The molecule has 3 rings (SSSR count). The lowest BCUT2D eigenvalue weighted by Crippen LogP contribution is -2.39. The summed E-state index contributed by atoms with van der Waals surface area (Å²) in [5.41, 5.74) is 1.93. The summed E-state index contributed by atoms with van der Waals surface area (Å²) in [6.07, 6.45) is 0.281. The van der Waals surface area contributed by atoms with Crippen LogP contribution in [0.5, 0.6) is 11.5 Å². The summed E-state index contributed by atoms with van der Waals surface area (Å²) in [6.45, 7) is 4.89. The minimum atomic E-state index is -0.234. The van der Waals surface area contributed by atoms with Gasteiger partial charge in [0.25, 0.3) is 5.91 Å². The van der Waals surface area contributed by atoms with E-state index >= 15 is 0 Å². The average Bonchev–Trinajstić information content (AvgIpc) is 3.02. The normalized spacial score (nSPS) is 16.3. The number of nitrogens with zero attached hydrogens (tertiary/aromatic N) is 1. The molecule has 0 bridgehead atoms. The Morgan fingerprint density at radius 2 is 1.70 bits per heavy atom. The second-order valence-electron chi connectivity index (χ2n) is 6.50. The molecule has 1 aliphatic rings. The molecule has 0 aromatic heterocycles. The van der Waals surface area contributed by atoms with Crippen LogP contribution in [-0.4, -0.2) is 37.6 Å². The number of aryl methyl sites for hydroxylation is 1. The van der Waals surface area contributed by atoms with Gasteiger partial charge in [-0.2, -0.15) is 0 Å². The topological polar surface area (TPSA) is 67.9 Å². The second kappa shape index (κ2) is 8.58. The summed E-state index contributed by atoms with van der Waals surface area (Å²) >= 11 is 0. The van der Waals surface area contributed by atoms with E-state index in [1.54, 1.807) is 4.90 Å². The maximum absolute atomic E-state index is 12.3. The van der Waals surface area contributed by atoms with Crippen molar-refractivity contribution in [2.75, 3.05) is 24.7 Å².